The van der Waals surface area contributed by atoms with Crippen LogP contribution < -0.4 is 16.0 Å². The molecular weight excluding hydrogens is 492 g/mol. The van der Waals surface area contributed by atoms with E-state index in [2.05, 4.69) is 16.0 Å². The second-order valence-corrected chi connectivity index (χ2v) is 8.06. The van der Waals surface area contributed by atoms with Crippen molar-refractivity contribution in [3.8, 4) is 0 Å². The molecule has 1 rings (SSSR count). The molecule has 0 unspecified atom stereocenters. The molecule has 0 radical (unpaired) electrons. The zero-order valence-corrected chi connectivity index (χ0v) is 21.2. The maximum atomic E-state index is 11.8. The number of nitrogens with one attached hydrogen (secondary N) is 3. The van der Waals surface area contributed by atoms with Gasteiger partial charge >= 0.3 is 5.97 Å². The van der Waals surface area contributed by atoms with Crippen molar-refractivity contribution in [3.63, 3.8) is 0 Å². The number of rotatable bonds is 20. The van der Waals surface area contributed by atoms with E-state index < -0.39 is 29.9 Å². The van der Waals surface area contributed by atoms with Crippen LogP contribution in [-0.2, 0) is 43.0 Å². The van der Waals surface area contributed by atoms with Crippen LogP contribution >= 0.6 is 0 Å². The Labute approximate surface area is 215 Å². The number of amides is 5. The highest BCUT2D eigenvalue weighted by Gasteiger charge is 2.22. The van der Waals surface area contributed by atoms with Crippen LogP contribution in [0, 0.1) is 0 Å². The molecular formula is C23H36N4O10. The average molecular weight is 529 g/mol. The Morgan fingerprint density at radius 1 is 0.811 bits per heavy atom. The number of carboxylic acids is 1. The SMILES string of the molecule is C[C@H](NC(=O)[C@H](C)NC(=O)CCOCCOCCOCCNC(=O)CCCN1C(=O)C=CC1=O)C(=O)O. The molecule has 0 aromatic heterocycles. The lowest BCUT2D eigenvalue weighted by Gasteiger charge is -2.16. The Bertz CT molecular complexity index is 814. The summed E-state index contributed by atoms with van der Waals surface area (Å²) in [4.78, 5) is 70.0. The highest BCUT2D eigenvalue weighted by atomic mass is 16.5. The smallest absolute Gasteiger partial charge is 0.325 e. The Morgan fingerprint density at radius 2 is 1.38 bits per heavy atom. The number of imide groups is 1. The van der Waals surface area contributed by atoms with Gasteiger partial charge in [-0.2, -0.15) is 0 Å². The third-order valence-electron chi connectivity index (χ3n) is 4.97. The second kappa shape index (κ2) is 18.0. The number of carbonyl (C=O) groups excluding carboxylic acids is 5. The first-order chi connectivity index (χ1) is 17.6. The molecule has 14 heteroatoms. The molecule has 1 heterocycles. The van der Waals surface area contributed by atoms with Crippen LogP contribution in [0.5, 0.6) is 0 Å². The molecule has 1 aliphatic rings. The lowest BCUT2D eigenvalue weighted by molar-refractivity contribution is -0.141. The number of hydrogen-bond donors (Lipinski definition) is 4. The van der Waals surface area contributed by atoms with Crippen molar-refractivity contribution >= 4 is 35.5 Å². The molecule has 0 aromatic rings. The number of nitrogens with zero attached hydrogens (tertiary/aromatic N) is 1. The molecule has 5 amide bonds. The molecule has 0 fully saturated rings. The minimum Gasteiger partial charge on any atom is -0.480 e. The van der Waals surface area contributed by atoms with Crippen molar-refractivity contribution in [2.24, 2.45) is 0 Å². The van der Waals surface area contributed by atoms with Gasteiger partial charge in [0.25, 0.3) is 11.8 Å². The highest BCUT2D eigenvalue weighted by Crippen LogP contribution is 2.05. The van der Waals surface area contributed by atoms with E-state index in [4.69, 9.17) is 19.3 Å². The first-order valence-corrected chi connectivity index (χ1v) is 12.0. The van der Waals surface area contributed by atoms with Crippen LogP contribution in [0.1, 0.15) is 33.1 Å². The van der Waals surface area contributed by atoms with Gasteiger partial charge in [-0.05, 0) is 20.3 Å². The van der Waals surface area contributed by atoms with E-state index in [0.29, 0.717) is 39.4 Å². The Balaban J connectivity index is 1.90. The summed E-state index contributed by atoms with van der Waals surface area (Å²) in [5.74, 6) is -3.08. The molecule has 2 atom stereocenters. The maximum Gasteiger partial charge on any atom is 0.325 e. The summed E-state index contributed by atoms with van der Waals surface area (Å²) in [7, 11) is 0. The first-order valence-electron chi connectivity index (χ1n) is 12.0. The first kappa shape index (κ1) is 31.7. The van der Waals surface area contributed by atoms with Gasteiger partial charge in [0.1, 0.15) is 12.1 Å². The van der Waals surface area contributed by atoms with Crippen LogP contribution in [-0.4, -0.2) is 110 Å². The summed E-state index contributed by atoms with van der Waals surface area (Å²) in [6.45, 7) is 4.96. The predicted molar refractivity (Wildman–Crippen MR) is 128 cm³/mol. The molecule has 0 bridgehead atoms. The van der Waals surface area contributed by atoms with E-state index in [9.17, 15) is 28.8 Å². The number of ether oxygens (including phenoxy) is 3. The van der Waals surface area contributed by atoms with Gasteiger partial charge in [0, 0.05) is 38.1 Å². The third kappa shape index (κ3) is 14.1. The molecule has 37 heavy (non-hydrogen) atoms. The fraction of sp³-hybridized carbons (Fsp3) is 0.652. The van der Waals surface area contributed by atoms with Crippen molar-refractivity contribution in [1.29, 1.82) is 0 Å². The molecule has 0 aromatic carbocycles. The fourth-order valence-corrected chi connectivity index (χ4v) is 2.89. The van der Waals surface area contributed by atoms with Crippen LogP contribution in [0.25, 0.3) is 0 Å². The van der Waals surface area contributed by atoms with Gasteiger partial charge < -0.3 is 35.3 Å². The van der Waals surface area contributed by atoms with E-state index in [1.54, 1.807) is 0 Å². The van der Waals surface area contributed by atoms with Crippen molar-refractivity contribution in [3.05, 3.63) is 12.2 Å². The lowest BCUT2D eigenvalue weighted by Crippen LogP contribution is -2.49. The van der Waals surface area contributed by atoms with Crippen LogP contribution in [0.2, 0.25) is 0 Å². The van der Waals surface area contributed by atoms with Crippen molar-refractivity contribution in [1.82, 2.24) is 20.9 Å². The molecule has 0 saturated heterocycles. The van der Waals surface area contributed by atoms with E-state index in [1.165, 1.54) is 26.0 Å². The molecule has 1 aliphatic heterocycles. The van der Waals surface area contributed by atoms with Gasteiger partial charge in [-0.1, -0.05) is 0 Å². The van der Waals surface area contributed by atoms with Gasteiger partial charge in [0.15, 0.2) is 0 Å². The normalized spacial score (nSPS) is 14.4. The molecule has 0 saturated carbocycles. The topological polar surface area (TPSA) is 190 Å². The summed E-state index contributed by atoms with van der Waals surface area (Å²) >= 11 is 0. The van der Waals surface area contributed by atoms with Gasteiger partial charge in [-0.3, -0.25) is 33.7 Å². The average Bonchev–Trinajstić information content (AvgIpc) is 3.16. The summed E-state index contributed by atoms with van der Waals surface area (Å²) in [6.07, 6.45) is 3.03. The van der Waals surface area contributed by atoms with E-state index in [-0.39, 0.29) is 50.3 Å². The van der Waals surface area contributed by atoms with Gasteiger partial charge in [0.2, 0.25) is 17.7 Å². The van der Waals surface area contributed by atoms with Crippen molar-refractivity contribution in [2.75, 3.05) is 52.7 Å². The molecule has 208 valence electrons. The standard InChI is InChI=1S/C23H36N4O10/c1-16(22(32)26-17(2)23(33)34)25-19(29)7-10-35-12-14-37-15-13-36-11-8-24-18(28)4-3-9-27-20(30)5-6-21(27)31/h5-6,16-17H,3-4,7-15H2,1-2H3,(H,24,28)(H,25,29)(H,26,32)(H,33,34)/t16-,17-/m0/s1. The predicted octanol–water partition coefficient (Wildman–Crippen LogP) is -1.66. The quantitative estimate of drug-likeness (QED) is 0.105. The number of carbonyl (C=O) groups is 6. The summed E-state index contributed by atoms with van der Waals surface area (Å²) in [5.41, 5.74) is 0. The number of carboxylic acid groups (broad SMARTS) is 1. The maximum absolute atomic E-state index is 11.8. The molecule has 0 aliphatic carbocycles. The van der Waals surface area contributed by atoms with Crippen molar-refractivity contribution in [2.45, 2.75) is 45.2 Å². The van der Waals surface area contributed by atoms with Crippen molar-refractivity contribution < 1.29 is 48.1 Å². The van der Waals surface area contributed by atoms with E-state index in [1.807, 2.05) is 0 Å². The van der Waals surface area contributed by atoms with Gasteiger partial charge in [-0.15, -0.1) is 0 Å². The molecule has 4 N–H and O–H groups in total. The zero-order valence-electron chi connectivity index (χ0n) is 21.2. The number of aliphatic carboxylic acids is 1. The third-order valence-corrected chi connectivity index (χ3v) is 4.97. The minimum atomic E-state index is -1.17. The van der Waals surface area contributed by atoms with Crippen LogP contribution in [0.3, 0.4) is 0 Å². The molecule has 14 nitrogen and oxygen atoms in total. The Hall–Kier alpha value is -3.36. The van der Waals surface area contributed by atoms with Crippen LogP contribution in [0.15, 0.2) is 12.2 Å². The largest absolute Gasteiger partial charge is 0.480 e. The van der Waals surface area contributed by atoms with E-state index in [0.717, 1.165) is 4.90 Å². The Morgan fingerprint density at radius 3 is 1.97 bits per heavy atom. The molecule has 0 spiro atoms. The summed E-state index contributed by atoms with van der Waals surface area (Å²) in [5, 5.41) is 16.2. The summed E-state index contributed by atoms with van der Waals surface area (Å²) in [6, 6.07) is -1.92. The Kier molecular flexibility index (Phi) is 15.4. The van der Waals surface area contributed by atoms with Gasteiger partial charge in [-0.25, -0.2) is 0 Å². The van der Waals surface area contributed by atoms with E-state index >= 15 is 0 Å². The lowest BCUT2D eigenvalue weighted by atomic mass is 10.2. The summed E-state index contributed by atoms with van der Waals surface area (Å²) < 4.78 is 16.0. The highest BCUT2D eigenvalue weighted by molar-refractivity contribution is 6.12. The van der Waals surface area contributed by atoms with Gasteiger partial charge in [0.05, 0.1) is 39.6 Å². The fourth-order valence-electron chi connectivity index (χ4n) is 2.89. The van der Waals surface area contributed by atoms with Crippen LogP contribution in [0.4, 0.5) is 0 Å². The zero-order chi connectivity index (χ0) is 27.6. The number of hydrogen-bond acceptors (Lipinski definition) is 9. The monoisotopic (exact) mass is 528 g/mol. The second-order valence-electron chi connectivity index (χ2n) is 8.06. The minimum absolute atomic E-state index is 0.0344.